The van der Waals surface area contributed by atoms with Crippen LogP contribution in [0.1, 0.15) is 21.6 Å². The summed E-state index contributed by atoms with van der Waals surface area (Å²) in [5.74, 6) is 0. The van der Waals surface area contributed by atoms with Crippen molar-refractivity contribution in [1.82, 2.24) is 0 Å². The standard InChI is InChI=1S/C59H39NOS/c1-5-20-40(21-6-1)41-36-38-45(39-37-41)60(51-33-19-35-53-55(51)48-30-15-18-34-52(48)61-53)50-32-17-14-29-47(50)57-54(42-22-7-2-8-23-42)56-46-28-13-16-31-49(46)59(58(56)62-57,43-24-9-3-10-25-43)44-26-11-4-12-27-44/h1-39H. The van der Waals surface area contributed by atoms with Crippen LogP contribution >= 0.6 is 11.3 Å². The first-order valence-electron chi connectivity index (χ1n) is 21.2. The SMILES string of the molecule is c1ccc(-c2ccc(N(c3ccccc3-c3sc4c(c3-c3ccccc3)-c3ccccc3C4(c3ccccc3)c3ccccc3)c3cccc4oc5ccccc5c34)cc2)cc1. The minimum atomic E-state index is -0.524. The summed E-state index contributed by atoms with van der Waals surface area (Å²) in [7, 11) is 0. The lowest BCUT2D eigenvalue weighted by atomic mass is 9.70. The molecule has 0 saturated carbocycles. The quantitative estimate of drug-likeness (QED) is 0.152. The normalized spacial score (nSPS) is 12.6. The molecule has 12 rings (SSSR count). The summed E-state index contributed by atoms with van der Waals surface area (Å²) in [6.07, 6.45) is 0. The van der Waals surface area contributed by atoms with Gasteiger partial charge in [-0.25, -0.2) is 0 Å². The fourth-order valence-corrected chi connectivity index (χ4v) is 11.6. The highest BCUT2D eigenvalue weighted by atomic mass is 32.1. The minimum Gasteiger partial charge on any atom is -0.456 e. The van der Waals surface area contributed by atoms with Crippen molar-refractivity contribution in [1.29, 1.82) is 0 Å². The zero-order valence-electron chi connectivity index (χ0n) is 33.8. The predicted molar refractivity (Wildman–Crippen MR) is 260 cm³/mol. The van der Waals surface area contributed by atoms with E-state index in [1.807, 2.05) is 17.4 Å². The number of para-hydroxylation sites is 2. The zero-order chi connectivity index (χ0) is 41.0. The number of rotatable bonds is 8. The zero-order valence-corrected chi connectivity index (χ0v) is 34.6. The molecule has 11 aromatic rings. The molecule has 62 heavy (non-hydrogen) atoms. The van der Waals surface area contributed by atoms with Gasteiger partial charge in [0.1, 0.15) is 11.2 Å². The van der Waals surface area contributed by atoms with Crippen molar-refractivity contribution >= 4 is 50.3 Å². The van der Waals surface area contributed by atoms with E-state index in [-0.39, 0.29) is 0 Å². The Labute approximate surface area is 365 Å². The van der Waals surface area contributed by atoms with E-state index in [4.69, 9.17) is 4.42 Å². The van der Waals surface area contributed by atoms with Gasteiger partial charge in [-0.15, -0.1) is 11.3 Å². The van der Waals surface area contributed by atoms with E-state index in [0.29, 0.717) is 0 Å². The second-order valence-corrected chi connectivity index (χ2v) is 16.9. The number of anilines is 3. The van der Waals surface area contributed by atoms with Crippen molar-refractivity contribution in [2.24, 2.45) is 0 Å². The molecule has 2 aromatic heterocycles. The van der Waals surface area contributed by atoms with Gasteiger partial charge < -0.3 is 9.32 Å². The van der Waals surface area contributed by atoms with Crippen LogP contribution in [0.2, 0.25) is 0 Å². The number of nitrogens with zero attached hydrogens (tertiary/aromatic N) is 1. The molecule has 0 bridgehead atoms. The van der Waals surface area contributed by atoms with Gasteiger partial charge in [0.05, 0.1) is 22.2 Å². The number of fused-ring (bicyclic) bond motifs is 6. The predicted octanol–water partition coefficient (Wildman–Crippen LogP) is 16.5. The van der Waals surface area contributed by atoms with Crippen molar-refractivity contribution < 1.29 is 4.42 Å². The van der Waals surface area contributed by atoms with Crippen LogP contribution in [-0.4, -0.2) is 0 Å². The third-order valence-corrected chi connectivity index (χ3v) is 13.9. The molecule has 2 nitrogen and oxygen atoms in total. The molecule has 0 spiro atoms. The number of benzene rings is 9. The highest BCUT2D eigenvalue weighted by Crippen LogP contribution is 2.64. The molecule has 1 aliphatic rings. The smallest absolute Gasteiger partial charge is 0.137 e. The second-order valence-electron chi connectivity index (χ2n) is 15.9. The Morgan fingerprint density at radius 3 is 1.63 bits per heavy atom. The van der Waals surface area contributed by atoms with Gasteiger partial charge in [-0.2, -0.15) is 0 Å². The maximum Gasteiger partial charge on any atom is 0.137 e. The van der Waals surface area contributed by atoms with E-state index < -0.39 is 5.41 Å². The van der Waals surface area contributed by atoms with Crippen molar-refractivity contribution in [3.63, 3.8) is 0 Å². The Bertz CT molecular complexity index is 3350. The monoisotopic (exact) mass is 809 g/mol. The van der Waals surface area contributed by atoms with Crippen LogP contribution in [0.15, 0.2) is 241 Å². The molecule has 0 amide bonds. The van der Waals surface area contributed by atoms with Crippen molar-refractivity contribution in [3.05, 3.63) is 258 Å². The van der Waals surface area contributed by atoms with Crippen molar-refractivity contribution in [2.45, 2.75) is 5.41 Å². The van der Waals surface area contributed by atoms with Crippen molar-refractivity contribution in [2.75, 3.05) is 4.90 Å². The molecule has 3 heteroatoms. The lowest BCUT2D eigenvalue weighted by Crippen LogP contribution is -2.27. The van der Waals surface area contributed by atoms with Gasteiger partial charge >= 0.3 is 0 Å². The average molecular weight is 810 g/mol. The van der Waals surface area contributed by atoms with Crippen LogP contribution in [0.4, 0.5) is 17.1 Å². The van der Waals surface area contributed by atoms with Crippen LogP contribution in [-0.2, 0) is 5.41 Å². The Morgan fingerprint density at radius 2 is 0.919 bits per heavy atom. The molecule has 9 aromatic carbocycles. The van der Waals surface area contributed by atoms with E-state index in [0.717, 1.165) is 44.6 Å². The van der Waals surface area contributed by atoms with E-state index in [2.05, 4.69) is 235 Å². The Hall–Kier alpha value is -7.72. The third kappa shape index (κ3) is 5.56. The topological polar surface area (TPSA) is 16.4 Å². The maximum atomic E-state index is 6.54. The largest absolute Gasteiger partial charge is 0.456 e. The fraction of sp³-hybridized carbons (Fsp3) is 0.0169. The molecule has 0 atom stereocenters. The number of thiophene rings is 1. The summed E-state index contributed by atoms with van der Waals surface area (Å²) < 4.78 is 6.54. The second kappa shape index (κ2) is 14.8. The van der Waals surface area contributed by atoms with Gasteiger partial charge in [-0.3, -0.25) is 0 Å². The third-order valence-electron chi connectivity index (χ3n) is 12.6. The highest BCUT2D eigenvalue weighted by molar-refractivity contribution is 7.17. The Morgan fingerprint density at radius 1 is 0.387 bits per heavy atom. The van der Waals surface area contributed by atoms with Crippen LogP contribution in [0.3, 0.4) is 0 Å². The molecule has 0 saturated heterocycles. The van der Waals surface area contributed by atoms with Crippen LogP contribution in [0.5, 0.6) is 0 Å². The van der Waals surface area contributed by atoms with Gasteiger partial charge in [-0.1, -0.05) is 200 Å². The molecule has 1 aliphatic carbocycles. The van der Waals surface area contributed by atoms with Crippen LogP contribution in [0, 0.1) is 0 Å². The summed E-state index contributed by atoms with van der Waals surface area (Å²) in [5, 5.41) is 2.18. The highest BCUT2D eigenvalue weighted by Gasteiger charge is 2.49. The molecular weight excluding hydrogens is 771 g/mol. The van der Waals surface area contributed by atoms with E-state index in [1.165, 1.54) is 59.8 Å². The lowest BCUT2D eigenvalue weighted by molar-refractivity contribution is 0.669. The Kier molecular flexibility index (Phi) is 8.62. The molecule has 0 fully saturated rings. The molecule has 0 aliphatic heterocycles. The Balaban J connectivity index is 1.17. The molecule has 0 unspecified atom stereocenters. The summed E-state index contributed by atoms with van der Waals surface area (Å²) in [6.45, 7) is 0. The van der Waals surface area contributed by atoms with Crippen molar-refractivity contribution in [3.8, 4) is 43.8 Å². The average Bonchev–Trinajstić information content (AvgIpc) is 4.02. The lowest BCUT2D eigenvalue weighted by Gasteiger charge is -2.33. The number of hydrogen-bond donors (Lipinski definition) is 0. The molecule has 0 N–H and O–H groups in total. The summed E-state index contributed by atoms with van der Waals surface area (Å²) in [4.78, 5) is 5.02. The number of hydrogen-bond acceptors (Lipinski definition) is 3. The summed E-state index contributed by atoms with van der Waals surface area (Å²) in [5.41, 5.74) is 16.8. The minimum absolute atomic E-state index is 0.524. The van der Waals surface area contributed by atoms with Gasteiger partial charge in [0, 0.05) is 37.5 Å². The van der Waals surface area contributed by atoms with Crippen LogP contribution < -0.4 is 4.90 Å². The first-order valence-corrected chi connectivity index (χ1v) is 22.0. The molecular formula is C59H39NOS. The van der Waals surface area contributed by atoms with E-state index >= 15 is 0 Å². The molecule has 2 heterocycles. The van der Waals surface area contributed by atoms with E-state index in [1.54, 1.807) is 0 Å². The number of furan rings is 1. The van der Waals surface area contributed by atoms with Gasteiger partial charge in [0.15, 0.2) is 0 Å². The first-order chi connectivity index (χ1) is 30.8. The van der Waals surface area contributed by atoms with Gasteiger partial charge in [-0.05, 0) is 75.3 Å². The summed E-state index contributed by atoms with van der Waals surface area (Å²) in [6, 6.07) is 85.8. The van der Waals surface area contributed by atoms with Crippen LogP contribution in [0.25, 0.3) is 65.8 Å². The first kappa shape index (κ1) is 36.2. The fourth-order valence-electron chi connectivity index (χ4n) is 9.93. The van der Waals surface area contributed by atoms with Gasteiger partial charge in [0.25, 0.3) is 0 Å². The maximum absolute atomic E-state index is 6.54. The molecule has 292 valence electrons. The summed E-state index contributed by atoms with van der Waals surface area (Å²) >= 11 is 1.93. The van der Waals surface area contributed by atoms with Gasteiger partial charge in [0.2, 0.25) is 0 Å². The molecule has 0 radical (unpaired) electrons. The van der Waals surface area contributed by atoms with E-state index in [9.17, 15) is 0 Å².